The Hall–Kier alpha value is -1.72. The van der Waals surface area contributed by atoms with Crippen molar-refractivity contribution in [3.8, 4) is 0 Å². The van der Waals surface area contributed by atoms with Gasteiger partial charge in [-0.25, -0.2) is 4.68 Å². The molecule has 1 aromatic carbocycles. The van der Waals surface area contributed by atoms with Gasteiger partial charge in [0.25, 0.3) is 0 Å². The fourth-order valence-electron chi connectivity index (χ4n) is 4.43. The van der Waals surface area contributed by atoms with E-state index in [0.717, 1.165) is 25.2 Å². The molecule has 3 atom stereocenters. The Bertz CT molecular complexity index is 752. The summed E-state index contributed by atoms with van der Waals surface area (Å²) < 4.78 is 1.93. The number of rotatable bonds is 8. The quantitative estimate of drug-likeness (QED) is 0.688. The van der Waals surface area contributed by atoms with Crippen LogP contribution in [-0.2, 0) is 0 Å². The van der Waals surface area contributed by atoms with E-state index in [1.165, 1.54) is 49.7 Å². The summed E-state index contributed by atoms with van der Waals surface area (Å²) in [5.74, 6) is 0.597. The van der Waals surface area contributed by atoms with Gasteiger partial charge in [-0.05, 0) is 44.7 Å². The number of likely N-dealkylation sites (tertiary alicyclic amines) is 1. The van der Waals surface area contributed by atoms with Crippen LogP contribution in [0, 0.1) is 6.92 Å². The minimum absolute atomic E-state index is 0.00660. The number of nitrogens with zero attached hydrogens (tertiary/aromatic N) is 4. The summed E-state index contributed by atoms with van der Waals surface area (Å²) in [6, 6.07) is 9.09. The summed E-state index contributed by atoms with van der Waals surface area (Å²) >= 11 is 0. The second-order valence-electron chi connectivity index (χ2n) is 8.75. The van der Waals surface area contributed by atoms with Crippen LogP contribution < -0.4 is 0 Å². The predicted octanol–water partition coefficient (Wildman–Crippen LogP) is 4.39. The molecule has 1 saturated heterocycles. The van der Waals surface area contributed by atoms with Crippen molar-refractivity contribution < 1.29 is 5.11 Å². The molecular weight excluding hydrogens is 348 g/mol. The van der Waals surface area contributed by atoms with Crippen molar-refractivity contribution in [1.29, 1.82) is 0 Å². The molecule has 5 nitrogen and oxygen atoms in total. The fourth-order valence-corrected chi connectivity index (χ4v) is 4.43. The predicted molar refractivity (Wildman–Crippen MR) is 111 cm³/mol. The highest BCUT2D eigenvalue weighted by molar-refractivity contribution is 5.25. The van der Waals surface area contributed by atoms with E-state index < -0.39 is 6.10 Å². The van der Waals surface area contributed by atoms with Crippen LogP contribution in [0.15, 0.2) is 30.5 Å². The van der Waals surface area contributed by atoms with E-state index in [-0.39, 0.29) is 12.1 Å². The molecule has 1 aromatic heterocycles. The maximum atomic E-state index is 11.0. The number of benzene rings is 1. The lowest BCUT2D eigenvalue weighted by Crippen LogP contribution is -2.46. The lowest BCUT2D eigenvalue weighted by atomic mass is 9.90. The van der Waals surface area contributed by atoms with E-state index in [1.54, 1.807) is 0 Å². The van der Waals surface area contributed by atoms with E-state index in [2.05, 4.69) is 59.5 Å². The molecule has 0 radical (unpaired) electrons. The Morgan fingerprint density at radius 3 is 2.61 bits per heavy atom. The summed E-state index contributed by atoms with van der Waals surface area (Å²) in [7, 11) is 0. The molecule has 0 amide bonds. The van der Waals surface area contributed by atoms with Crippen molar-refractivity contribution >= 4 is 0 Å². The van der Waals surface area contributed by atoms with Gasteiger partial charge in [0, 0.05) is 24.7 Å². The number of unbranched alkanes of at least 4 members (excludes halogenated alkanes) is 3. The Morgan fingerprint density at radius 2 is 1.89 bits per heavy atom. The van der Waals surface area contributed by atoms with Gasteiger partial charge in [0.2, 0.25) is 0 Å². The molecule has 2 fully saturated rings. The Kier molecular flexibility index (Phi) is 6.12. The Labute approximate surface area is 168 Å². The van der Waals surface area contributed by atoms with Crippen molar-refractivity contribution in [2.75, 3.05) is 13.1 Å². The average molecular weight is 383 g/mol. The number of hydrogen-bond donors (Lipinski definition) is 1. The minimum atomic E-state index is -0.396. The molecule has 4 rings (SSSR count). The summed E-state index contributed by atoms with van der Waals surface area (Å²) in [6.45, 7) is 6.29. The molecule has 0 bridgehead atoms. The fraction of sp³-hybridized carbons (Fsp3) is 0.652. The first-order valence-electron chi connectivity index (χ1n) is 11.1. The summed E-state index contributed by atoms with van der Waals surface area (Å²) in [5.41, 5.74) is 3.70. The van der Waals surface area contributed by atoms with Crippen LogP contribution in [0.3, 0.4) is 0 Å². The van der Waals surface area contributed by atoms with E-state index in [9.17, 15) is 5.11 Å². The van der Waals surface area contributed by atoms with Gasteiger partial charge < -0.3 is 5.11 Å². The highest BCUT2D eigenvalue weighted by Gasteiger charge is 2.37. The maximum Gasteiger partial charge on any atom is 0.0923 e. The first kappa shape index (κ1) is 19.6. The van der Waals surface area contributed by atoms with Crippen molar-refractivity contribution in [2.24, 2.45) is 0 Å². The molecule has 2 aliphatic rings. The van der Waals surface area contributed by atoms with Gasteiger partial charge in [-0.1, -0.05) is 61.2 Å². The Balaban J connectivity index is 1.51. The SMILES string of the molecule is CCCCCCN1C[C@@H](n2cc(C3CC3)nn2)[C@H](O)C[C@@H]1c1ccc(C)cc1. The molecule has 1 N–H and O–H groups in total. The monoisotopic (exact) mass is 382 g/mol. The van der Waals surface area contributed by atoms with Gasteiger partial charge in [-0.15, -0.1) is 5.10 Å². The lowest BCUT2D eigenvalue weighted by molar-refractivity contribution is -0.00776. The molecule has 5 heteroatoms. The molecule has 1 aliphatic carbocycles. The molecule has 1 saturated carbocycles. The van der Waals surface area contributed by atoms with Crippen molar-refractivity contribution in [2.45, 2.75) is 82.9 Å². The van der Waals surface area contributed by atoms with E-state index in [1.807, 2.05) is 4.68 Å². The molecule has 2 heterocycles. The zero-order valence-electron chi connectivity index (χ0n) is 17.3. The summed E-state index contributed by atoms with van der Waals surface area (Å²) in [6.07, 6.45) is 9.92. The second-order valence-corrected chi connectivity index (χ2v) is 8.75. The zero-order valence-corrected chi connectivity index (χ0v) is 17.3. The van der Waals surface area contributed by atoms with Gasteiger partial charge in [0.15, 0.2) is 0 Å². The van der Waals surface area contributed by atoms with Gasteiger partial charge in [0.05, 0.1) is 17.8 Å². The standard InChI is InChI=1S/C23H34N4O/c1-3-4-5-6-13-26-16-22(27-15-20(24-25-27)18-11-12-18)23(28)14-21(26)19-9-7-17(2)8-10-19/h7-10,15,18,21-23,28H,3-6,11-14,16H2,1-2H3/t21-,22-,23-/m1/s1. The van der Waals surface area contributed by atoms with Crippen LogP contribution in [0.2, 0.25) is 0 Å². The van der Waals surface area contributed by atoms with Crippen molar-refractivity contribution in [3.63, 3.8) is 0 Å². The highest BCUT2D eigenvalue weighted by atomic mass is 16.3. The molecule has 1 aliphatic heterocycles. The molecule has 28 heavy (non-hydrogen) atoms. The smallest absolute Gasteiger partial charge is 0.0923 e. The first-order valence-corrected chi connectivity index (χ1v) is 11.1. The number of aliphatic hydroxyl groups excluding tert-OH is 1. The largest absolute Gasteiger partial charge is 0.391 e. The van der Waals surface area contributed by atoms with Gasteiger partial charge in [0.1, 0.15) is 0 Å². The maximum absolute atomic E-state index is 11.0. The van der Waals surface area contributed by atoms with Gasteiger partial charge in [-0.3, -0.25) is 4.90 Å². The van der Waals surface area contributed by atoms with E-state index >= 15 is 0 Å². The molecule has 0 unspecified atom stereocenters. The molecular formula is C23H34N4O. The summed E-state index contributed by atoms with van der Waals surface area (Å²) in [5, 5.41) is 19.7. The second kappa shape index (κ2) is 8.75. The van der Waals surface area contributed by atoms with E-state index in [4.69, 9.17) is 0 Å². The normalized spacial score (nSPS) is 25.9. The Morgan fingerprint density at radius 1 is 1.11 bits per heavy atom. The zero-order chi connectivity index (χ0) is 19.5. The molecule has 2 aromatic rings. The first-order chi connectivity index (χ1) is 13.7. The van der Waals surface area contributed by atoms with E-state index in [0.29, 0.717) is 5.92 Å². The third kappa shape index (κ3) is 4.47. The van der Waals surface area contributed by atoms with Gasteiger partial charge in [-0.2, -0.15) is 0 Å². The number of hydrogen-bond acceptors (Lipinski definition) is 4. The van der Waals surface area contributed by atoms with Crippen LogP contribution >= 0.6 is 0 Å². The number of aliphatic hydroxyl groups is 1. The highest BCUT2D eigenvalue weighted by Crippen LogP contribution is 2.40. The third-order valence-corrected chi connectivity index (χ3v) is 6.40. The minimum Gasteiger partial charge on any atom is -0.391 e. The number of aromatic nitrogens is 3. The summed E-state index contributed by atoms with van der Waals surface area (Å²) in [4.78, 5) is 2.57. The van der Waals surface area contributed by atoms with Crippen molar-refractivity contribution in [1.82, 2.24) is 19.9 Å². The van der Waals surface area contributed by atoms with Crippen molar-refractivity contribution in [3.05, 3.63) is 47.3 Å². The topological polar surface area (TPSA) is 54.2 Å². The number of piperidine rings is 1. The third-order valence-electron chi connectivity index (χ3n) is 6.40. The van der Waals surface area contributed by atoms with Crippen LogP contribution in [0.4, 0.5) is 0 Å². The number of aryl methyl sites for hydroxylation is 1. The molecule has 152 valence electrons. The van der Waals surface area contributed by atoms with Gasteiger partial charge >= 0.3 is 0 Å². The van der Waals surface area contributed by atoms with Crippen LogP contribution in [-0.4, -0.2) is 44.2 Å². The van der Waals surface area contributed by atoms with Crippen LogP contribution in [0.25, 0.3) is 0 Å². The molecule has 0 spiro atoms. The average Bonchev–Trinajstić information content (AvgIpc) is 3.44. The van der Waals surface area contributed by atoms with Crippen LogP contribution in [0.5, 0.6) is 0 Å². The lowest BCUT2D eigenvalue weighted by Gasteiger charge is -2.42. The van der Waals surface area contributed by atoms with Crippen LogP contribution in [0.1, 0.15) is 86.7 Å².